The predicted molar refractivity (Wildman–Crippen MR) is 111 cm³/mol. The quantitative estimate of drug-likeness (QED) is 0.495. The van der Waals surface area contributed by atoms with Gasteiger partial charge in [0.25, 0.3) is 5.56 Å². The molecule has 1 aliphatic heterocycles. The number of rotatable bonds is 6. The van der Waals surface area contributed by atoms with Gasteiger partial charge in [-0.15, -0.1) is 0 Å². The Hall–Kier alpha value is -2.71. The summed E-state index contributed by atoms with van der Waals surface area (Å²) in [6.07, 6.45) is 1.81. The fourth-order valence-corrected chi connectivity index (χ4v) is 4.10. The van der Waals surface area contributed by atoms with Crippen LogP contribution in [-0.2, 0) is 16.1 Å². The zero-order chi connectivity index (χ0) is 20.2. The molecule has 0 saturated carbocycles. The molecular formula is C21H20FN3O3S. The Bertz CT molecular complexity index is 1100. The van der Waals surface area contributed by atoms with Gasteiger partial charge < -0.3 is 10.1 Å². The first-order chi connectivity index (χ1) is 14.1. The number of halogens is 1. The van der Waals surface area contributed by atoms with E-state index in [2.05, 4.69) is 10.3 Å². The van der Waals surface area contributed by atoms with E-state index in [1.807, 2.05) is 6.07 Å². The van der Waals surface area contributed by atoms with Gasteiger partial charge in [0.05, 0.1) is 35.0 Å². The standard InChI is InChI=1S/C21H20FN3O3S/c22-16-8-2-4-10-18(16)23-19(26)13-29-21-24-17-9-3-1-7-15(17)20(27)25(21)12-14-6-5-11-28-14/h1-4,7-10,14H,5-6,11-13H2,(H,23,26)/t14-/m1/s1. The van der Waals surface area contributed by atoms with Crippen molar-refractivity contribution in [1.82, 2.24) is 9.55 Å². The van der Waals surface area contributed by atoms with Crippen molar-refractivity contribution in [2.24, 2.45) is 0 Å². The molecule has 3 aromatic rings. The highest BCUT2D eigenvalue weighted by Crippen LogP contribution is 2.21. The maximum absolute atomic E-state index is 13.7. The molecule has 1 N–H and O–H groups in total. The van der Waals surface area contributed by atoms with E-state index in [0.717, 1.165) is 24.6 Å². The number of carbonyl (C=O) groups excluding carboxylic acids is 1. The van der Waals surface area contributed by atoms with E-state index in [9.17, 15) is 14.0 Å². The van der Waals surface area contributed by atoms with Crippen molar-refractivity contribution in [2.45, 2.75) is 30.6 Å². The molecule has 0 unspecified atom stereocenters. The van der Waals surface area contributed by atoms with Crippen molar-refractivity contribution < 1.29 is 13.9 Å². The lowest BCUT2D eigenvalue weighted by molar-refractivity contribution is -0.113. The number of thioether (sulfide) groups is 1. The van der Waals surface area contributed by atoms with Crippen LogP contribution in [0.2, 0.25) is 0 Å². The molecule has 0 aliphatic carbocycles. The summed E-state index contributed by atoms with van der Waals surface area (Å²) in [5.41, 5.74) is 0.558. The zero-order valence-electron chi connectivity index (χ0n) is 15.6. The third-order valence-corrected chi connectivity index (χ3v) is 5.69. The van der Waals surface area contributed by atoms with Crippen LogP contribution in [0.4, 0.5) is 10.1 Å². The van der Waals surface area contributed by atoms with Crippen molar-refractivity contribution in [1.29, 1.82) is 0 Å². The Balaban J connectivity index is 1.57. The van der Waals surface area contributed by atoms with Crippen molar-refractivity contribution >= 4 is 34.3 Å². The number of benzene rings is 2. The molecule has 1 atom stereocenters. The monoisotopic (exact) mass is 413 g/mol. The molecule has 4 rings (SSSR count). The van der Waals surface area contributed by atoms with Gasteiger partial charge in [0.1, 0.15) is 5.82 Å². The molecule has 8 heteroatoms. The smallest absolute Gasteiger partial charge is 0.262 e. The molecule has 0 bridgehead atoms. The molecule has 0 spiro atoms. The third-order valence-electron chi connectivity index (χ3n) is 4.72. The van der Waals surface area contributed by atoms with Crippen molar-refractivity contribution in [3.05, 3.63) is 64.7 Å². The maximum atomic E-state index is 13.7. The number of para-hydroxylation sites is 2. The van der Waals surface area contributed by atoms with Gasteiger partial charge in [-0.2, -0.15) is 0 Å². The molecule has 0 radical (unpaired) electrons. The average Bonchev–Trinajstić information content (AvgIpc) is 3.24. The first-order valence-corrected chi connectivity index (χ1v) is 10.4. The Labute approximate surface area is 171 Å². The molecule has 1 fully saturated rings. The normalized spacial score (nSPS) is 16.2. The summed E-state index contributed by atoms with van der Waals surface area (Å²) in [5, 5.41) is 3.53. The lowest BCUT2D eigenvalue weighted by Crippen LogP contribution is -2.29. The van der Waals surface area contributed by atoms with Gasteiger partial charge in [-0.3, -0.25) is 14.2 Å². The number of hydrogen-bond acceptors (Lipinski definition) is 5. The van der Waals surface area contributed by atoms with Gasteiger partial charge in [-0.25, -0.2) is 9.37 Å². The molecule has 2 aromatic carbocycles. The van der Waals surface area contributed by atoms with Crippen LogP contribution in [-0.4, -0.2) is 33.9 Å². The van der Waals surface area contributed by atoms with Gasteiger partial charge in [0.15, 0.2) is 5.16 Å². The molecule has 1 aliphatic rings. The van der Waals surface area contributed by atoms with Crippen molar-refractivity contribution in [3.63, 3.8) is 0 Å². The highest BCUT2D eigenvalue weighted by molar-refractivity contribution is 7.99. The predicted octanol–water partition coefficient (Wildman–Crippen LogP) is 3.45. The lowest BCUT2D eigenvalue weighted by atomic mass is 10.2. The van der Waals surface area contributed by atoms with E-state index >= 15 is 0 Å². The number of hydrogen-bond donors (Lipinski definition) is 1. The minimum Gasteiger partial charge on any atom is -0.376 e. The highest BCUT2D eigenvalue weighted by atomic mass is 32.2. The highest BCUT2D eigenvalue weighted by Gasteiger charge is 2.20. The van der Waals surface area contributed by atoms with Gasteiger partial charge in [0, 0.05) is 6.61 Å². The van der Waals surface area contributed by atoms with Crippen LogP contribution in [0.3, 0.4) is 0 Å². The average molecular weight is 413 g/mol. The van der Waals surface area contributed by atoms with Crippen molar-refractivity contribution in [2.75, 3.05) is 17.7 Å². The van der Waals surface area contributed by atoms with Crippen LogP contribution in [0.1, 0.15) is 12.8 Å². The Morgan fingerprint density at radius 1 is 1.24 bits per heavy atom. The third kappa shape index (κ3) is 4.49. The number of nitrogens with one attached hydrogen (secondary N) is 1. The van der Waals surface area contributed by atoms with Crippen molar-refractivity contribution in [3.8, 4) is 0 Å². The fraction of sp³-hybridized carbons (Fsp3) is 0.286. The maximum Gasteiger partial charge on any atom is 0.262 e. The van der Waals surface area contributed by atoms with Crippen LogP contribution < -0.4 is 10.9 Å². The lowest BCUT2D eigenvalue weighted by Gasteiger charge is -2.16. The van der Waals surface area contributed by atoms with E-state index < -0.39 is 5.82 Å². The first-order valence-electron chi connectivity index (χ1n) is 9.40. The molecule has 29 heavy (non-hydrogen) atoms. The van der Waals surface area contributed by atoms with Crippen LogP contribution in [0.15, 0.2) is 58.5 Å². The summed E-state index contributed by atoms with van der Waals surface area (Å²) in [5.74, 6) is -0.860. The number of fused-ring (bicyclic) bond motifs is 1. The van der Waals surface area contributed by atoms with Crippen LogP contribution in [0.5, 0.6) is 0 Å². The number of anilines is 1. The molecule has 1 saturated heterocycles. The number of nitrogens with zero attached hydrogens (tertiary/aromatic N) is 2. The summed E-state index contributed by atoms with van der Waals surface area (Å²) < 4.78 is 21.0. The van der Waals surface area contributed by atoms with Gasteiger partial charge in [0.2, 0.25) is 5.91 Å². The van der Waals surface area contributed by atoms with Crippen LogP contribution >= 0.6 is 11.8 Å². The summed E-state index contributed by atoms with van der Waals surface area (Å²) >= 11 is 1.15. The van der Waals surface area contributed by atoms with E-state index in [1.54, 1.807) is 34.9 Å². The topological polar surface area (TPSA) is 73.2 Å². The molecule has 6 nitrogen and oxygen atoms in total. The Kier molecular flexibility index (Phi) is 5.92. The Morgan fingerprint density at radius 3 is 2.83 bits per heavy atom. The summed E-state index contributed by atoms with van der Waals surface area (Å²) in [4.78, 5) is 29.9. The second-order valence-corrected chi connectivity index (χ2v) is 7.72. The van der Waals surface area contributed by atoms with Gasteiger partial charge >= 0.3 is 0 Å². The molecule has 2 heterocycles. The summed E-state index contributed by atoms with van der Waals surface area (Å²) in [6, 6.07) is 13.1. The largest absolute Gasteiger partial charge is 0.376 e. The Morgan fingerprint density at radius 2 is 2.03 bits per heavy atom. The van der Waals surface area contributed by atoms with Crippen LogP contribution in [0, 0.1) is 5.82 Å². The SMILES string of the molecule is O=C(CSc1nc2ccccc2c(=O)n1C[C@H]1CCCO1)Nc1ccccc1F. The summed E-state index contributed by atoms with van der Waals surface area (Å²) in [7, 11) is 0. The number of aromatic nitrogens is 2. The van der Waals surface area contributed by atoms with E-state index in [4.69, 9.17) is 4.74 Å². The summed E-state index contributed by atoms with van der Waals surface area (Å²) in [6.45, 7) is 1.09. The zero-order valence-corrected chi connectivity index (χ0v) is 16.5. The minimum atomic E-state index is -0.495. The molecule has 1 aromatic heterocycles. The van der Waals surface area contributed by atoms with E-state index in [0.29, 0.717) is 29.2 Å². The number of carbonyl (C=O) groups is 1. The number of amides is 1. The van der Waals surface area contributed by atoms with Crippen LogP contribution in [0.25, 0.3) is 10.9 Å². The van der Waals surface area contributed by atoms with E-state index in [-0.39, 0.29) is 29.0 Å². The fourth-order valence-electron chi connectivity index (χ4n) is 3.29. The second kappa shape index (κ2) is 8.75. The molecule has 150 valence electrons. The first kappa shape index (κ1) is 19.6. The molecule has 1 amide bonds. The van der Waals surface area contributed by atoms with Gasteiger partial charge in [-0.05, 0) is 37.1 Å². The molecular weight excluding hydrogens is 393 g/mol. The number of ether oxygens (including phenoxy) is 1. The van der Waals surface area contributed by atoms with E-state index in [1.165, 1.54) is 12.1 Å². The minimum absolute atomic E-state index is 0.00460. The van der Waals surface area contributed by atoms with Gasteiger partial charge in [-0.1, -0.05) is 36.0 Å². The second-order valence-electron chi connectivity index (χ2n) is 6.78.